The summed E-state index contributed by atoms with van der Waals surface area (Å²) in [5.74, 6) is 0.971. The van der Waals surface area contributed by atoms with E-state index in [-0.39, 0.29) is 5.95 Å². The van der Waals surface area contributed by atoms with E-state index in [9.17, 15) is 0 Å². The number of unbranched alkanes of at least 4 members (excludes halogenated alkanes) is 1. The molecule has 0 aliphatic carbocycles. The predicted octanol–water partition coefficient (Wildman–Crippen LogP) is 3.48. The molecule has 23 heavy (non-hydrogen) atoms. The fraction of sp³-hybridized carbons (Fsp3) is 0.312. The second-order valence-electron chi connectivity index (χ2n) is 5.23. The Morgan fingerprint density at radius 3 is 3.00 bits per heavy atom. The molecule has 3 aromatic rings. The lowest BCUT2D eigenvalue weighted by atomic mass is 10.2. The molecular formula is C16H18BrN5O. The van der Waals surface area contributed by atoms with E-state index in [1.54, 1.807) is 6.20 Å². The molecule has 3 aromatic heterocycles. The summed E-state index contributed by atoms with van der Waals surface area (Å²) in [5.41, 5.74) is 7.78. The summed E-state index contributed by atoms with van der Waals surface area (Å²) >= 11 is 3.42. The Morgan fingerprint density at radius 2 is 2.22 bits per heavy atom. The third-order valence-electron chi connectivity index (χ3n) is 3.55. The molecule has 0 fully saturated rings. The van der Waals surface area contributed by atoms with Crippen molar-refractivity contribution in [3.63, 3.8) is 0 Å². The largest absolute Gasteiger partial charge is 0.377 e. The predicted molar refractivity (Wildman–Crippen MR) is 93.3 cm³/mol. The van der Waals surface area contributed by atoms with E-state index in [0.29, 0.717) is 6.61 Å². The van der Waals surface area contributed by atoms with Crippen molar-refractivity contribution in [3.05, 3.63) is 40.9 Å². The third kappa shape index (κ3) is 3.51. The zero-order valence-electron chi connectivity index (χ0n) is 12.9. The lowest BCUT2D eigenvalue weighted by Gasteiger charge is -2.04. The van der Waals surface area contributed by atoms with Crippen molar-refractivity contribution in [2.75, 3.05) is 12.3 Å². The summed E-state index contributed by atoms with van der Waals surface area (Å²) in [5, 5.41) is 1.04. The van der Waals surface area contributed by atoms with Crippen molar-refractivity contribution in [1.82, 2.24) is 19.5 Å². The molecule has 7 heteroatoms. The number of hydrogen-bond acceptors (Lipinski definition) is 5. The summed E-state index contributed by atoms with van der Waals surface area (Å²) in [7, 11) is 0. The summed E-state index contributed by atoms with van der Waals surface area (Å²) in [6.45, 7) is 3.46. The highest BCUT2D eigenvalue weighted by Crippen LogP contribution is 2.26. The first kappa shape index (κ1) is 15.9. The summed E-state index contributed by atoms with van der Waals surface area (Å²) in [6.07, 6.45) is 7.70. The standard InChI is InChI=1S/C16H18BrN5O/c1-2-3-6-23-10-11-9-22(15-4-5-19-16(18)21-15)13-7-14(17)20-8-12(11)13/h4-5,7-9H,2-3,6,10H2,1H3,(H2,18,19,21). The second kappa shape index (κ2) is 7.06. The number of nitrogen functional groups attached to an aromatic ring is 1. The van der Waals surface area contributed by atoms with Gasteiger partial charge in [-0.3, -0.25) is 0 Å². The molecule has 0 aromatic carbocycles. The van der Waals surface area contributed by atoms with Crippen LogP contribution in [-0.2, 0) is 11.3 Å². The van der Waals surface area contributed by atoms with Crippen molar-refractivity contribution < 1.29 is 4.74 Å². The van der Waals surface area contributed by atoms with Gasteiger partial charge in [0, 0.05) is 36.1 Å². The van der Waals surface area contributed by atoms with Crippen molar-refractivity contribution in [2.45, 2.75) is 26.4 Å². The van der Waals surface area contributed by atoms with E-state index in [4.69, 9.17) is 10.5 Å². The number of aromatic nitrogens is 4. The van der Waals surface area contributed by atoms with Gasteiger partial charge in [0.25, 0.3) is 0 Å². The van der Waals surface area contributed by atoms with E-state index >= 15 is 0 Å². The first-order valence-electron chi connectivity index (χ1n) is 7.51. The maximum absolute atomic E-state index is 5.76. The van der Waals surface area contributed by atoms with Crippen LogP contribution in [0, 0.1) is 0 Å². The Balaban J connectivity index is 2.02. The first-order chi connectivity index (χ1) is 11.2. The molecule has 0 aliphatic rings. The molecule has 0 amide bonds. The summed E-state index contributed by atoms with van der Waals surface area (Å²) in [4.78, 5) is 12.6. The van der Waals surface area contributed by atoms with Gasteiger partial charge in [0.2, 0.25) is 5.95 Å². The Hall–Kier alpha value is -1.99. The maximum atomic E-state index is 5.76. The average molecular weight is 376 g/mol. The zero-order chi connectivity index (χ0) is 16.2. The van der Waals surface area contributed by atoms with E-state index in [1.807, 2.05) is 29.1 Å². The van der Waals surface area contributed by atoms with Crippen LogP contribution >= 0.6 is 15.9 Å². The minimum Gasteiger partial charge on any atom is -0.377 e. The average Bonchev–Trinajstić information content (AvgIpc) is 2.89. The number of nitrogens with two attached hydrogens (primary N) is 1. The van der Waals surface area contributed by atoms with Crippen LogP contribution < -0.4 is 5.73 Å². The van der Waals surface area contributed by atoms with Crippen LogP contribution in [0.5, 0.6) is 0 Å². The Kier molecular flexibility index (Phi) is 4.88. The second-order valence-corrected chi connectivity index (χ2v) is 6.04. The quantitative estimate of drug-likeness (QED) is 0.526. The zero-order valence-corrected chi connectivity index (χ0v) is 14.5. The Morgan fingerprint density at radius 1 is 1.35 bits per heavy atom. The van der Waals surface area contributed by atoms with Gasteiger partial charge < -0.3 is 15.0 Å². The topological polar surface area (TPSA) is 78.9 Å². The fourth-order valence-electron chi connectivity index (χ4n) is 2.39. The lowest BCUT2D eigenvalue weighted by molar-refractivity contribution is 0.119. The number of pyridine rings is 1. The van der Waals surface area contributed by atoms with Crippen LogP contribution in [0.1, 0.15) is 25.3 Å². The van der Waals surface area contributed by atoms with Crippen LogP contribution in [0.25, 0.3) is 16.7 Å². The van der Waals surface area contributed by atoms with Gasteiger partial charge in [-0.15, -0.1) is 0 Å². The normalized spacial score (nSPS) is 11.2. The van der Waals surface area contributed by atoms with Crippen molar-refractivity contribution in [1.29, 1.82) is 0 Å². The third-order valence-corrected chi connectivity index (χ3v) is 3.98. The highest BCUT2D eigenvalue weighted by atomic mass is 79.9. The van der Waals surface area contributed by atoms with Crippen LogP contribution in [0.3, 0.4) is 0 Å². The van der Waals surface area contributed by atoms with Crippen molar-refractivity contribution in [3.8, 4) is 5.82 Å². The van der Waals surface area contributed by atoms with Gasteiger partial charge in [0.05, 0.1) is 12.1 Å². The van der Waals surface area contributed by atoms with Gasteiger partial charge >= 0.3 is 0 Å². The molecule has 0 aliphatic heterocycles. The molecule has 0 saturated heterocycles. The van der Waals surface area contributed by atoms with Crippen molar-refractivity contribution >= 4 is 32.8 Å². The fourth-order valence-corrected chi connectivity index (χ4v) is 2.71. The highest BCUT2D eigenvalue weighted by Gasteiger charge is 2.12. The van der Waals surface area contributed by atoms with Gasteiger partial charge in [0.15, 0.2) is 0 Å². The van der Waals surface area contributed by atoms with Gasteiger partial charge in [-0.1, -0.05) is 13.3 Å². The monoisotopic (exact) mass is 375 g/mol. The van der Waals surface area contributed by atoms with E-state index in [0.717, 1.165) is 46.3 Å². The number of anilines is 1. The molecule has 3 heterocycles. The molecule has 0 atom stereocenters. The SMILES string of the molecule is CCCCOCc1cn(-c2ccnc(N)n2)c2cc(Br)ncc12. The van der Waals surface area contributed by atoms with E-state index < -0.39 is 0 Å². The molecule has 0 bridgehead atoms. The van der Waals surface area contributed by atoms with E-state index in [2.05, 4.69) is 37.8 Å². The number of hydrogen-bond donors (Lipinski definition) is 1. The first-order valence-corrected chi connectivity index (χ1v) is 8.30. The Labute approximate surface area is 142 Å². The molecule has 0 spiro atoms. The molecule has 120 valence electrons. The number of fused-ring (bicyclic) bond motifs is 1. The van der Waals surface area contributed by atoms with Crippen LogP contribution in [-0.4, -0.2) is 26.1 Å². The van der Waals surface area contributed by atoms with E-state index in [1.165, 1.54) is 0 Å². The van der Waals surface area contributed by atoms with Crippen LogP contribution in [0.4, 0.5) is 5.95 Å². The van der Waals surface area contributed by atoms with Gasteiger partial charge in [-0.05, 0) is 34.5 Å². The van der Waals surface area contributed by atoms with Crippen molar-refractivity contribution in [2.24, 2.45) is 0 Å². The molecule has 2 N–H and O–H groups in total. The number of halogens is 1. The maximum Gasteiger partial charge on any atom is 0.221 e. The molecule has 0 saturated carbocycles. The van der Waals surface area contributed by atoms with Gasteiger partial charge in [0.1, 0.15) is 10.4 Å². The Bertz CT molecular complexity index is 817. The van der Waals surface area contributed by atoms with Crippen LogP contribution in [0.2, 0.25) is 0 Å². The summed E-state index contributed by atoms with van der Waals surface area (Å²) < 4.78 is 8.51. The lowest BCUT2D eigenvalue weighted by Crippen LogP contribution is -2.01. The minimum atomic E-state index is 0.248. The number of rotatable bonds is 6. The molecule has 0 unspecified atom stereocenters. The number of ether oxygens (including phenoxy) is 1. The highest BCUT2D eigenvalue weighted by molar-refractivity contribution is 9.10. The minimum absolute atomic E-state index is 0.248. The van der Waals surface area contributed by atoms with Gasteiger partial charge in [-0.25, -0.2) is 9.97 Å². The molecule has 6 nitrogen and oxygen atoms in total. The summed E-state index contributed by atoms with van der Waals surface area (Å²) in [6, 6.07) is 3.79. The molecule has 0 radical (unpaired) electrons. The molecule has 3 rings (SSSR count). The molecular weight excluding hydrogens is 358 g/mol. The smallest absolute Gasteiger partial charge is 0.221 e. The van der Waals surface area contributed by atoms with Crippen LogP contribution in [0.15, 0.2) is 35.3 Å². The van der Waals surface area contributed by atoms with Gasteiger partial charge in [-0.2, -0.15) is 4.98 Å². The number of nitrogens with zero attached hydrogens (tertiary/aromatic N) is 4.